The van der Waals surface area contributed by atoms with Crippen molar-refractivity contribution in [2.45, 2.75) is 12.6 Å². The largest absolute Gasteiger partial charge is 0.497 e. The summed E-state index contributed by atoms with van der Waals surface area (Å²) in [7, 11) is 1.61. The fraction of sp³-hybridized carbons (Fsp3) is 0.188. The quantitative estimate of drug-likeness (QED) is 0.911. The molecule has 0 aliphatic heterocycles. The van der Waals surface area contributed by atoms with Crippen LogP contribution < -0.4 is 10.1 Å². The van der Waals surface area contributed by atoms with Crippen molar-refractivity contribution in [3.8, 4) is 11.8 Å². The number of nitrogens with one attached hydrogen (secondary N) is 1. The molecule has 102 valence electrons. The van der Waals surface area contributed by atoms with Gasteiger partial charge in [0.25, 0.3) is 0 Å². The number of ether oxygens (including phenoxy) is 1. The van der Waals surface area contributed by atoms with Crippen LogP contribution in [0.2, 0.25) is 5.02 Å². The van der Waals surface area contributed by atoms with Crippen LogP contribution in [0, 0.1) is 11.3 Å². The molecular weight excluding hydrogens is 272 g/mol. The Morgan fingerprint density at radius 1 is 1.25 bits per heavy atom. The monoisotopic (exact) mass is 286 g/mol. The maximum Gasteiger partial charge on any atom is 0.121 e. The van der Waals surface area contributed by atoms with Crippen molar-refractivity contribution >= 4 is 11.6 Å². The second-order valence-electron chi connectivity index (χ2n) is 4.31. The predicted octanol–water partition coefficient (Wildman–Crippen LogP) is 3.70. The first kappa shape index (κ1) is 14.4. The van der Waals surface area contributed by atoms with Crippen molar-refractivity contribution in [2.75, 3.05) is 7.11 Å². The second-order valence-corrected chi connectivity index (χ2v) is 4.72. The van der Waals surface area contributed by atoms with E-state index in [1.807, 2.05) is 48.5 Å². The first-order chi connectivity index (χ1) is 9.74. The van der Waals surface area contributed by atoms with E-state index in [1.165, 1.54) is 0 Å². The number of hydrogen-bond donors (Lipinski definition) is 1. The molecule has 0 saturated carbocycles. The van der Waals surface area contributed by atoms with Crippen LogP contribution in [-0.2, 0) is 6.54 Å². The molecule has 2 aromatic carbocycles. The summed E-state index contributed by atoms with van der Waals surface area (Å²) in [6.45, 7) is 0.537. The Balaban J connectivity index is 2.10. The second kappa shape index (κ2) is 6.95. The Hall–Kier alpha value is -2.02. The zero-order valence-electron chi connectivity index (χ0n) is 11.1. The van der Waals surface area contributed by atoms with Crippen molar-refractivity contribution in [3.63, 3.8) is 0 Å². The molecule has 1 atom stereocenters. The van der Waals surface area contributed by atoms with E-state index in [0.29, 0.717) is 11.6 Å². The molecule has 0 fully saturated rings. The van der Waals surface area contributed by atoms with Crippen LogP contribution in [0.3, 0.4) is 0 Å². The zero-order valence-corrected chi connectivity index (χ0v) is 11.9. The third kappa shape index (κ3) is 3.51. The van der Waals surface area contributed by atoms with Crippen molar-refractivity contribution in [1.82, 2.24) is 5.32 Å². The summed E-state index contributed by atoms with van der Waals surface area (Å²) in [6.07, 6.45) is 0. The van der Waals surface area contributed by atoms with E-state index < -0.39 is 6.04 Å². The SMILES string of the molecule is COc1cccc(C(C#N)NCc2ccccc2Cl)c1. The van der Waals surface area contributed by atoms with Crippen LogP contribution >= 0.6 is 11.6 Å². The fourth-order valence-corrected chi connectivity index (χ4v) is 2.12. The molecule has 2 aromatic rings. The lowest BCUT2D eigenvalue weighted by atomic mass is 10.1. The Morgan fingerprint density at radius 2 is 2.05 bits per heavy atom. The van der Waals surface area contributed by atoms with Gasteiger partial charge in [-0.15, -0.1) is 0 Å². The van der Waals surface area contributed by atoms with Gasteiger partial charge in [-0.05, 0) is 29.3 Å². The van der Waals surface area contributed by atoms with Crippen LogP contribution in [0.25, 0.3) is 0 Å². The van der Waals surface area contributed by atoms with E-state index in [1.54, 1.807) is 7.11 Å². The average Bonchev–Trinajstić information content (AvgIpc) is 2.50. The van der Waals surface area contributed by atoms with Crippen LogP contribution in [0.1, 0.15) is 17.2 Å². The molecule has 0 aliphatic carbocycles. The molecule has 2 rings (SSSR count). The van der Waals surface area contributed by atoms with Gasteiger partial charge in [0.1, 0.15) is 11.8 Å². The molecule has 1 N–H and O–H groups in total. The molecule has 0 radical (unpaired) electrons. The van der Waals surface area contributed by atoms with E-state index in [4.69, 9.17) is 16.3 Å². The summed E-state index contributed by atoms with van der Waals surface area (Å²) in [5.41, 5.74) is 1.84. The lowest BCUT2D eigenvalue weighted by molar-refractivity contribution is 0.413. The highest BCUT2D eigenvalue weighted by atomic mass is 35.5. The van der Waals surface area contributed by atoms with Crippen molar-refractivity contribution in [2.24, 2.45) is 0 Å². The van der Waals surface area contributed by atoms with Gasteiger partial charge in [0.05, 0.1) is 13.2 Å². The number of halogens is 1. The highest BCUT2D eigenvalue weighted by Crippen LogP contribution is 2.20. The highest BCUT2D eigenvalue weighted by molar-refractivity contribution is 6.31. The summed E-state index contributed by atoms with van der Waals surface area (Å²) in [6, 6.07) is 16.9. The predicted molar refractivity (Wildman–Crippen MR) is 79.6 cm³/mol. The summed E-state index contributed by atoms with van der Waals surface area (Å²) in [5, 5.41) is 13.2. The minimum Gasteiger partial charge on any atom is -0.497 e. The van der Waals surface area contributed by atoms with Gasteiger partial charge in [-0.1, -0.05) is 41.9 Å². The van der Waals surface area contributed by atoms with Gasteiger partial charge in [-0.2, -0.15) is 5.26 Å². The van der Waals surface area contributed by atoms with Crippen molar-refractivity contribution in [3.05, 3.63) is 64.7 Å². The number of benzene rings is 2. The molecule has 0 spiro atoms. The van der Waals surface area contributed by atoms with Crippen LogP contribution in [0.5, 0.6) is 5.75 Å². The molecule has 0 aliphatic rings. The van der Waals surface area contributed by atoms with Crippen LogP contribution in [0.4, 0.5) is 0 Å². The van der Waals surface area contributed by atoms with E-state index in [-0.39, 0.29) is 0 Å². The van der Waals surface area contributed by atoms with E-state index in [2.05, 4.69) is 11.4 Å². The van der Waals surface area contributed by atoms with E-state index in [0.717, 1.165) is 16.9 Å². The Kier molecular flexibility index (Phi) is 5.00. The number of methoxy groups -OCH3 is 1. The lowest BCUT2D eigenvalue weighted by Gasteiger charge is -2.13. The maximum absolute atomic E-state index is 9.30. The van der Waals surface area contributed by atoms with Gasteiger partial charge < -0.3 is 4.74 Å². The smallest absolute Gasteiger partial charge is 0.121 e. The maximum atomic E-state index is 9.30. The first-order valence-electron chi connectivity index (χ1n) is 6.25. The highest BCUT2D eigenvalue weighted by Gasteiger charge is 2.11. The van der Waals surface area contributed by atoms with Gasteiger partial charge in [0.2, 0.25) is 0 Å². The Bertz CT molecular complexity index is 622. The lowest BCUT2D eigenvalue weighted by Crippen LogP contribution is -2.19. The zero-order chi connectivity index (χ0) is 14.4. The molecule has 3 nitrogen and oxygen atoms in total. The number of nitriles is 1. The van der Waals surface area contributed by atoms with Crippen LogP contribution in [0.15, 0.2) is 48.5 Å². The van der Waals surface area contributed by atoms with E-state index >= 15 is 0 Å². The number of hydrogen-bond acceptors (Lipinski definition) is 3. The summed E-state index contributed by atoms with van der Waals surface area (Å²) < 4.78 is 5.17. The van der Waals surface area contributed by atoms with Gasteiger partial charge in [-0.25, -0.2) is 0 Å². The van der Waals surface area contributed by atoms with Gasteiger partial charge >= 0.3 is 0 Å². The van der Waals surface area contributed by atoms with Gasteiger partial charge in [0.15, 0.2) is 0 Å². The number of nitrogens with zero attached hydrogens (tertiary/aromatic N) is 1. The summed E-state index contributed by atoms with van der Waals surface area (Å²) in [4.78, 5) is 0. The van der Waals surface area contributed by atoms with Gasteiger partial charge in [0, 0.05) is 11.6 Å². The molecule has 0 heterocycles. The third-order valence-electron chi connectivity index (χ3n) is 3.01. The minimum absolute atomic E-state index is 0.402. The van der Waals surface area contributed by atoms with Crippen LogP contribution in [-0.4, -0.2) is 7.11 Å². The molecule has 1 unspecified atom stereocenters. The molecule has 4 heteroatoms. The molecule has 0 aromatic heterocycles. The third-order valence-corrected chi connectivity index (χ3v) is 3.38. The molecule has 0 amide bonds. The Morgan fingerprint density at radius 3 is 2.75 bits per heavy atom. The Labute approximate surface area is 123 Å². The number of rotatable bonds is 5. The molecular formula is C16H15ClN2O. The van der Waals surface area contributed by atoms with Gasteiger partial charge in [-0.3, -0.25) is 5.32 Å². The molecule has 0 bridgehead atoms. The van der Waals surface area contributed by atoms with Crippen molar-refractivity contribution in [1.29, 1.82) is 5.26 Å². The first-order valence-corrected chi connectivity index (χ1v) is 6.62. The topological polar surface area (TPSA) is 45.0 Å². The average molecular weight is 287 g/mol. The van der Waals surface area contributed by atoms with Crippen molar-refractivity contribution < 1.29 is 4.74 Å². The standard InChI is InChI=1S/C16H15ClN2O/c1-20-14-7-4-6-12(9-14)16(10-18)19-11-13-5-2-3-8-15(13)17/h2-9,16,19H,11H2,1H3. The summed E-state index contributed by atoms with van der Waals surface area (Å²) >= 11 is 6.10. The molecule has 0 saturated heterocycles. The molecule has 20 heavy (non-hydrogen) atoms. The minimum atomic E-state index is -0.402. The normalized spacial score (nSPS) is 11.7. The fourth-order valence-electron chi connectivity index (χ4n) is 1.91. The summed E-state index contributed by atoms with van der Waals surface area (Å²) in [5.74, 6) is 0.738. The van der Waals surface area contributed by atoms with E-state index in [9.17, 15) is 5.26 Å².